The number of anilines is 2. The Hall–Kier alpha value is -1.73. The third-order valence-corrected chi connectivity index (χ3v) is 7.72. The van der Waals surface area contributed by atoms with Gasteiger partial charge in [0.05, 0.1) is 18.0 Å². The van der Waals surface area contributed by atoms with Crippen LogP contribution in [0.2, 0.25) is 0 Å². The van der Waals surface area contributed by atoms with Gasteiger partial charge >= 0.3 is 0 Å². The fourth-order valence-corrected chi connectivity index (χ4v) is 5.93. The van der Waals surface area contributed by atoms with E-state index in [4.69, 9.17) is 0 Å². The second kappa shape index (κ2) is 11.1. The van der Waals surface area contributed by atoms with E-state index in [0.717, 1.165) is 42.8 Å². The van der Waals surface area contributed by atoms with Crippen molar-refractivity contribution in [3.05, 3.63) is 48.0 Å². The summed E-state index contributed by atoms with van der Waals surface area (Å²) in [4.78, 5) is 17.6. The zero-order valence-corrected chi connectivity index (χ0v) is 21.4. The van der Waals surface area contributed by atoms with E-state index in [1.165, 1.54) is 10.6 Å². The molecule has 33 heavy (non-hydrogen) atoms. The van der Waals surface area contributed by atoms with E-state index in [0.29, 0.717) is 18.0 Å². The van der Waals surface area contributed by atoms with Crippen molar-refractivity contribution in [2.24, 2.45) is 5.92 Å². The van der Waals surface area contributed by atoms with Crippen molar-refractivity contribution in [1.29, 1.82) is 0 Å². The highest BCUT2D eigenvalue weighted by Gasteiger charge is 2.37. The van der Waals surface area contributed by atoms with Crippen molar-refractivity contribution in [2.75, 3.05) is 24.6 Å². The minimum Gasteiger partial charge on any atom is -0.394 e. The van der Waals surface area contributed by atoms with Gasteiger partial charge in [-0.15, -0.1) is 12.4 Å². The Bertz CT molecular complexity index is 962. The molecule has 5 nitrogen and oxygen atoms in total. The zero-order valence-electron chi connectivity index (χ0n) is 19.8. The molecule has 1 fully saturated rings. The fraction of sp³-hybridized carbons (Fsp3) is 0.500. The Labute approximate surface area is 208 Å². The number of hydrogen-bond donors (Lipinski definition) is 3. The average molecular weight is 490 g/mol. The summed E-state index contributed by atoms with van der Waals surface area (Å²) in [6.45, 7) is 8.34. The van der Waals surface area contributed by atoms with E-state index < -0.39 is 0 Å². The minimum atomic E-state index is -0.231. The van der Waals surface area contributed by atoms with Crippen molar-refractivity contribution in [3.63, 3.8) is 0 Å². The zero-order chi connectivity index (χ0) is 22.7. The molecule has 2 atom stereocenters. The van der Waals surface area contributed by atoms with Crippen LogP contribution in [0.4, 0.5) is 11.4 Å². The van der Waals surface area contributed by atoms with Gasteiger partial charge in [-0.1, -0.05) is 37.7 Å². The van der Waals surface area contributed by atoms with Crippen LogP contribution in [0.5, 0.6) is 0 Å². The number of halogens is 1. The van der Waals surface area contributed by atoms with Crippen molar-refractivity contribution < 1.29 is 9.90 Å². The van der Waals surface area contributed by atoms with Crippen molar-refractivity contribution in [2.45, 2.75) is 67.8 Å². The molecule has 0 aromatic heterocycles. The molecule has 2 aromatic carbocycles. The summed E-state index contributed by atoms with van der Waals surface area (Å²) in [5.74, 6) is 0.542. The summed E-state index contributed by atoms with van der Waals surface area (Å²) >= 11 is 1.76. The first-order valence-corrected chi connectivity index (χ1v) is 12.6. The molecule has 3 N–H and O–H groups in total. The molecule has 0 aliphatic carbocycles. The standard InChI is InChI=1S/C26H35N3O2S.ClH/c1-18(2)11-14-27-25(31)20-9-10-24-22(15-20)29(21-7-4-5-8-23(21)32-24)19(3)16-26(17-30)12-6-13-28-26;/h4-5,7-10,15,18-19,28,30H,6,11-14,16-17H2,1-3H3,(H,27,31);1H/t19?,26-;/m0./s1. The SMILES string of the molecule is CC(C)CCNC(=O)c1ccc2c(c1)N(C(C)C[C@]1(CO)CCCN1)c1ccccc1S2.Cl. The molecule has 1 amide bonds. The molecule has 2 aromatic rings. The number of rotatable bonds is 8. The Morgan fingerprint density at radius 1 is 1.18 bits per heavy atom. The van der Waals surface area contributed by atoms with Gasteiger partial charge in [0.15, 0.2) is 0 Å². The predicted molar refractivity (Wildman–Crippen MR) is 139 cm³/mol. The third-order valence-electron chi connectivity index (χ3n) is 6.59. The van der Waals surface area contributed by atoms with E-state index in [-0.39, 0.29) is 36.5 Å². The molecule has 1 saturated heterocycles. The Morgan fingerprint density at radius 3 is 2.64 bits per heavy atom. The van der Waals surface area contributed by atoms with Crippen molar-refractivity contribution >= 4 is 41.5 Å². The van der Waals surface area contributed by atoms with Crippen molar-refractivity contribution in [3.8, 4) is 0 Å². The first-order chi connectivity index (χ1) is 15.4. The maximum absolute atomic E-state index is 12.8. The van der Waals surface area contributed by atoms with Gasteiger partial charge in [0.1, 0.15) is 0 Å². The summed E-state index contributed by atoms with van der Waals surface area (Å²) in [7, 11) is 0. The van der Waals surface area contributed by atoms with Gasteiger partial charge in [-0.25, -0.2) is 0 Å². The number of aliphatic hydroxyl groups excluding tert-OH is 1. The number of carbonyl (C=O) groups excluding carboxylic acids is 1. The monoisotopic (exact) mass is 489 g/mol. The molecular formula is C26H36ClN3O2S. The molecule has 2 aliphatic rings. The van der Waals surface area contributed by atoms with E-state index in [1.54, 1.807) is 11.8 Å². The molecule has 1 unspecified atom stereocenters. The molecule has 0 spiro atoms. The number of aliphatic hydroxyl groups is 1. The predicted octanol–water partition coefficient (Wildman–Crippen LogP) is 5.38. The molecule has 0 saturated carbocycles. The molecule has 7 heteroatoms. The third kappa shape index (κ3) is 5.68. The smallest absolute Gasteiger partial charge is 0.251 e. The molecule has 2 aliphatic heterocycles. The lowest BCUT2D eigenvalue weighted by Gasteiger charge is -2.41. The number of benzene rings is 2. The maximum atomic E-state index is 12.8. The highest BCUT2D eigenvalue weighted by atomic mass is 35.5. The molecule has 0 bridgehead atoms. The van der Waals surface area contributed by atoms with E-state index in [9.17, 15) is 9.90 Å². The lowest BCUT2D eigenvalue weighted by molar-refractivity contribution is 0.0952. The van der Waals surface area contributed by atoms with Crippen LogP contribution in [0.15, 0.2) is 52.3 Å². The van der Waals surface area contributed by atoms with Gasteiger partial charge in [0.25, 0.3) is 5.91 Å². The van der Waals surface area contributed by atoms with Gasteiger partial charge in [-0.2, -0.15) is 0 Å². The number of para-hydroxylation sites is 1. The van der Waals surface area contributed by atoms with Crippen LogP contribution in [0.3, 0.4) is 0 Å². The van der Waals surface area contributed by atoms with Crippen LogP contribution in [0.1, 0.15) is 56.8 Å². The first kappa shape index (κ1) is 25.9. The molecule has 2 heterocycles. The lowest BCUT2D eigenvalue weighted by atomic mass is 9.89. The van der Waals surface area contributed by atoms with Crippen LogP contribution >= 0.6 is 24.2 Å². The second-order valence-corrected chi connectivity index (χ2v) is 10.7. The quantitative estimate of drug-likeness (QED) is 0.464. The van der Waals surface area contributed by atoms with Gasteiger partial charge in [0, 0.05) is 33.5 Å². The highest BCUT2D eigenvalue weighted by Crippen LogP contribution is 2.50. The summed E-state index contributed by atoms with van der Waals surface area (Å²) in [6, 6.07) is 14.7. The van der Waals surface area contributed by atoms with E-state index in [1.807, 2.05) is 12.1 Å². The largest absolute Gasteiger partial charge is 0.394 e. The summed E-state index contributed by atoms with van der Waals surface area (Å²) < 4.78 is 0. The summed E-state index contributed by atoms with van der Waals surface area (Å²) in [5, 5.41) is 16.8. The Morgan fingerprint density at radius 2 is 1.94 bits per heavy atom. The summed E-state index contributed by atoms with van der Waals surface area (Å²) in [6.07, 6.45) is 3.90. The Kier molecular flexibility index (Phi) is 8.73. The fourth-order valence-electron chi connectivity index (χ4n) is 4.87. The molecule has 180 valence electrons. The molecular weight excluding hydrogens is 454 g/mol. The van der Waals surface area contributed by atoms with Gasteiger partial charge in [-0.3, -0.25) is 4.79 Å². The van der Waals surface area contributed by atoms with Crippen LogP contribution < -0.4 is 15.5 Å². The number of nitrogens with one attached hydrogen (secondary N) is 2. The Balaban J connectivity index is 0.00000306. The van der Waals surface area contributed by atoms with Gasteiger partial charge in [0.2, 0.25) is 0 Å². The van der Waals surface area contributed by atoms with Crippen molar-refractivity contribution in [1.82, 2.24) is 10.6 Å². The maximum Gasteiger partial charge on any atom is 0.251 e. The number of carbonyl (C=O) groups is 1. The molecule has 4 rings (SSSR count). The summed E-state index contributed by atoms with van der Waals surface area (Å²) in [5.41, 5.74) is 2.70. The lowest BCUT2D eigenvalue weighted by Crippen LogP contribution is -2.48. The normalized spacial score (nSPS) is 20.1. The number of fused-ring (bicyclic) bond motifs is 2. The average Bonchev–Trinajstić information content (AvgIpc) is 3.25. The minimum absolute atomic E-state index is 0. The number of amides is 1. The topological polar surface area (TPSA) is 64.6 Å². The van der Waals surface area contributed by atoms with Gasteiger partial charge in [-0.05, 0) is 75.4 Å². The van der Waals surface area contributed by atoms with E-state index in [2.05, 4.69) is 66.6 Å². The number of hydrogen-bond acceptors (Lipinski definition) is 5. The van der Waals surface area contributed by atoms with Crippen LogP contribution in [-0.2, 0) is 0 Å². The molecule has 0 radical (unpaired) electrons. The van der Waals surface area contributed by atoms with Crippen LogP contribution in [0, 0.1) is 5.92 Å². The van der Waals surface area contributed by atoms with Crippen LogP contribution in [0.25, 0.3) is 0 Å². The van der Waals surface area contributed by atoms with Crippen LogP contribution in [-0.4, -0.2) is 42.3 Å². The number of nitrogens with zero attached hydrogens (tertiary/aromatic N) is 1. The first-order valence-electron chi connectivity index (χ1n) is 11.8. The van der Waals surface area contributed by atoms with E-state index >= 15 is 0 Å². The highest BCUT2D eigenvalue weighted by molar-refractivity contribution is 7.99. The second-order valence-electron chi connectivity index (χ2n) is 9.58. The van der Waals surface area contributed by atoms with Gasteiger partial charge < -0.3 is 20.6 Å².